The van der Waals surface area contributed by atoms with Crippen LogP contribution < -0.4 is 0 Å². The maximum atomic E-state index is 13.9. The molecule has 1 heterocycles. The van der Waals surface area contributed by atoms with Crippen LogP contribution in [0.15, 0.2) is 30.6 Å². The van der Waals surface area contributed by atoms with Gasteiger partial charge in [0, 0.05) is 23.7 Å². The fraction of sp³-hybridized carbons (Fsp3) is 0.267. The summed E-state index contributed by atoms with van der Waals surface area (Å²) in [6.07, 6.45) is 4.01. The highest BCUT2D eigenvalue weighted by molar-refractivity contribution is 5.37. The summed E-state index contributed by atoms with van der Waals surface area (Å²) in [4.78, 5) is 0. The molecule has 0 spiro atoms. The monoisotopic (exact) mass is 258 g/mol. The average molecular weight is 258 g/mol. The zero-order valence-electron chi connectivity index (χ0n) is 10.7. The number of hydrogen-bond donors (Lipinski definition) is 1. The highest BCUT2D eigenvalue weighted by atomic mass is 19.1. The van der Waals surface area contributed by atoms with Crippen molar-refractivity contribution in [1.29, 1.82) is 0 Å². The minimum atomic E-state index is -0.288. The van der Waals surface area contributed by atoms with Gasteiger partial charge in [-0.3, -0.25) is 4.68 Å². The maximum absolute atomic E-state index is 13.9. The molecule has 1 aromatic heterocycles. The molecule has 1 aromatic carbocycles. The van der Waals surface area contributed by atoms with E-state index in [1.54, 1.807) is 23.0 Å². The molecule has 4 heteroatoms. The quantitative estimate of drug-likeness (QED) is 0.856. The molecule has 2 rings (SSSR count). The smallest absolute Gasteiger partial charge is 0.129 e. The molecular formula is C15H15FN2O. The third-order valence-electron chi connectivity index (χ3n) is 2.62. The second-order valence-corrected chi connectivity index (χ2v) is 4.30. The van der Waals surface area contributed by atoms with Crippen LogP contribution in [0.1, 0.15) is 23.1 Å². The molecule has 2 aromatic rings. The van der Waals surface area contributed by atoms with Crippen molar-refractivity contribution in [2.24, 2.45) is 0 Å². The van der Waals surface area contributed by atoms with E-state index in [1.165, 1.54) is 6.07 Å². The van der Waals surface area contributed by atoms with Crippen molar-refractivity contribution in [2.75, 3.05) is 6.61 Å². The number of rotatable bonds is 3. The summed E-state index contributed by atoms with van der Waals surface area (Å²) in [7, 11) is 0. The van der Waals surface area contributed by atoms with Gasteiger partial charge in [-0.25, -0.2) is 4.39 Å². The summed E-state index contributed by atoms with van der Waals surface area (Å²) in [6.45, 7) is 2.37. The second-order valence-electron chi connectivity index (χ2n) is 4.30. The molecule has 0 radical (unpaired) electrons. The molecule has 0 atom stereocenters. The van der Waals surface area contributed by atoms with Crippen LogP contribution in [0, 0.1) is 24.6 Å². The third kappa shape index (κ3) is 3.67. The predicted octanol–water partition coefficient (Wildman–Crippen LogP) is 2.11. The Morgan fingerprint density at radius 3 is 2.89 bits per heavy atom. The first kappa shape index (κ1) is 13.3. The highest BCUT2D eigenvalue weighted by Gasteiger charge is 2.04. The van der Waals surface area contributed by atoms with Crippen LogP contribution in [-0.4, -0.2) is 21.5 Å². The molecule has 0 bridgehead atoms. The van der Waals surface area contributed by atoms with Crippen LogP contribution in [-0.2, 0) is 6.54 Å². The molecule has 0 aliphatic heterocycles. The van der Waals surface area contributed by atoms with Crippen molar-refractivity contribution in [1.82, 2.24) is 9.78 Å². The topological polar surface area (TPSA) is 38.0 Å². The van der Waals surface area contributed by atoms with Crippen LogP contribution in [0.4, 0.5) is 4.39 Å². The Morgan fingerprint density at radius 2 is 2.26 bits per heavy atom. The van der Waals surface area contributed by atoms with Crippen molar-refractivity contribution in [3.8, 4) is 11.8 Å². The molecular weight excluding hydrogens is 243 g/mol. The Hall–Kier alpha value is -2.12. The van der Waals surface area contributed by atoms with Crippen LogP contribution >= 0.6 is 0 Å². The minimum Gasteiger partial charge on any atom is -0.395 e. The number of halogens is 1. The third-order valence-corrected chi connectivity index (χ3v) is 2.62. The van der Waals surface area contributed by atoms with E-state index < -0.39 is 0 Å². The lowest BCUT2D eigenvalue weighted by Crippen LogP contribution is -2.02. The predicted molar refractivity (Wildman–Crippen MR) is 71.0 cm³/mol. The van der Waals surface area contributed by atoms with Crippen LogP contribution in [0.3, 0.4) is 0 Å². The second kappa shape index (κ2) is 6.17. The van der Waals surface area contributed by atoms with Gasteiger partial charge in [-0.1, -0.05) is 17.9 Å². The summed E-state index contributed by atoms with van der Waals surface area (Å²) in [5.41, 5.74) is 2.24. The normalized spacial score (nSPS) is 10.1. The van der Waals surface area contributed by atoms with Gasteiger partial charge < -0.3 is 5.11 Å². The fourth-order valence-corrected chi connectivity index (χ4v) is 1.70. The van der Waals surface area contributed by atoms with E-state index in [0.717, 1.165) is 5.56 Å². The van der Waals surface area contributed by atoms with E-state index >= 15 is 0 Å². The molecule has 3 nitrogen and oxygen atoms in total. The molecule has 0 amide bonds. The summed E-state index contributed by atoms with van der Waals surface area (Å²) >= 11 is 0. The summed E-state index contributed by atoms with van der Waals surface area (Å²) in [5, 5.41) is 12.8. The number of aliphatic hydroxyl groups excluding tert-OH is 1. The average Bonchev–Trinajstić information content (AvgIpc) is 2.79. The van der Waals surface area contributed by atoms with E-state index in [-0.39, 0.29) is 12.4 Å². The Labute approximate surface area is 111 Å². The zero-order chi connectivity index (χ0) is 13.7. The molecule has 0 unspecified atom stereocenters. The number of aliphatic hydroxyl groups is 1. The fourth-order valence-electron chi connectivity index (χ4n) is 1.70. The van der Waals surface area contributed by atoms with Crippen molar-refractivity contribution < 1.29 is 9.50 Å². The van der Waals surface area contributed by atoms with Crippen molar-refractivity contribution >= 4 is 0 Å². The maximum Gasteiger partial charge on any atom is 0.129 e. The Balaban J connectivity index is 2.13. The van der Waals surface area contributed by atoms with Crippen molar-refractivity contribution in [2.45, 2.75) is 19.9 Å². The zero-order valence-corrected chi connectivity index (χ0v) is 10.7. The molecule has 19 heavy (non-hydrogen) atoms. The number of benzene rings is 1. The lowest BCUT2D eigenvalue weighted by Gasteiger charge is -2.04. The van der Waals surface area contributed by atoms with Gasteiger partial charge in [0.05, 0.1) is 19.3 Å². The standard InChI is InChI=1S/C15H15FN2O/c1-12-9-17-18(10-12)11-14-6-5-13(8-15(14)16)4-2-3-7-19/h5-6,8-10,19H,3,7,11H2,1H3. The molecule has 0 saturated carbocycles. The highest BCUT2D eigenvalue weighted by Crippen LogP contribution is 2.11. The van der Waals surface area contributed by atoms with Gasteiger partial charge in [-0.2, -0.15) is 5.10 Å². The number of nitrogens with zero attached hydrogens (tertiary/aromatic N) is 2. The molecule has 98 valence electrons. The van der Waals surface area contributed by atoms with E-state index in [9.17, 15) is 4.39 Å². The van der Waals surface area contributed by atoms with Gasteiger partial charge in [0.2, 0.25) is 0 Å². The van der Waals surface area contributed by atoms with E-state index in [0.29, 0.717) is 24.1 Å². The summed E-state index contributed by atoms with van der Waals surface area (Å²) in [6, 6.07) is 4.91. The van der Waals surface area contributed by atoms with E-state index in [4.69, 9.17) is 5.11 Å². The van der Waals surface area contributed by atoms with Gasteiger partial charge in [0.15, 0.2) is 0 Å². The Kier molecular flexibility index (Phi) is 4.32. The Morgan fingerprint density at radius 1 is 1.42 bits per heavy atom. The largest absolute Gasteiger partial charge is 0.395 e. The van der Waals surface area contributed by atoms with Crippen LogP contribution in [0.5, 0.6) is 0 Å². The first-order chi connectivity index (χ1) is 9.19. The summed E-state index contributed by atoms with van der Waals surface area (Å²) in [5.74, 6) is 5.29. The first-order valence-electron chi connectivity index (χ1n) is 6.06. The summed E-state index contributed by atoms with van der Waals surface area (Å²) < 4.78 is 15.6. The van der Waals surface area contributed by atoms with Crippen molar-refractivity contribution in [3.05, 3.63) is 53.1 Å². The van der Waals surface area contributed by atoms with Gasteiger partial charge in [-0.15, -0.1) is 0 Å². The minimum absolute atomic E-state index is 0.0201. The van der Waals surface area contributed by atoms with E-state index in [2.05, 4.69) is 16.9 Å². The SMILES string of the molecule is Cc1cnn(Cc2ccc(C#CCCO)cc2F)c1. The first-order valence-corrected chi connectivity index (χ1v) is 6.06. The molecule has 0 fully saturated rings. The Bertz CT molecular complexity index is 623. The van der Waals surface area contributed by atoms with Gasteiger partial charge in [0.1, 0.15) is 5.82 Å². The lowest BCUT2D eigenvalue weighted by atomic mass is 10.1. The lowest BCUT2D eigenvalue weighted by molar-refractivity contribution is 0.305. The number of aryl methyl sites for hydroxylation is 1. The van der Waals surface area contributed by atoms with Crippen LogP contribution in [0.25, 0.3) is 0 Å². The van der Waals surface area contributed by atoms with Crippen molar-refractivity contribution in [3.63, 3.8) is 0 Å². The van der Waals surface area contributed by atoms with E-state index in [1.807, 2.05) is 13.1 Å². The van der Waals surface area contributed by atoms with Crippen LogP contribution in [0.2, 0.25) is 0 Å². The van der Waals surface area contributed by atoms with Gasteiger partial charge in [-0.05, 0) is 24.6 Å². The molecule has 1 N–H and O–H groups in total. The molecule has 0 aliphatic carbocycles. The molecule has 0 aliphatic rings. The van der Waals surface area contributed by atoms with Gasteiger partial charge in [0.25, 0.3) is 0 Å². The number of aromatic nitrogens is 2. The molecule has 0 saturated heterocycles. The number of hydrogen-bond acceptors (Lipinski definition) is 2. The van der Waals surface area contributed by atoms with Gasteiger partial charge >= 0.3 is 0 Å².